The molecule has 8 nitrogen and oxygen atoms in total. The molecule has 8 heteroatoms. The van der Waals surface area contributed by atoms with Crippen LogP contribution in [0.1, 0.15) is 40.0 Å². The van der Waals surface area contributed by atoms with E-state index < -0.39 is 41.6 Å². The summed E-state index contributed by atoms with van der Waals surface area (Å²) in [6, 6.07) is -1.53. The molecule has 0 saturated carbocycles. The third kappa shape index (κ3) is 3.31. The van der Waals surface area contributed by atoms with Crippen LogP contribution in [0.15, 0.2) is 24.3 Å². The van der Waals surface area contributed by atoms with Gasteiger partial charge in [-0.05, 0) is 33.1 Å². The number of carbonyl (C=O) groups excluding carboxylic acids is 3. The number of esters is 1. The molecule has 6 atom stereocenters. The Bertz CT molecular complexity index is 804. The number of aliphatic hydroxyl groups is 1. The Morgan fingerprint density at radius 3 is 2.68 bits per heavy atom. The van der Waals surface area contributed by atoms with Crippen LogP contribution in [0.4, 0.5) is 0 Å². The van der Waals surface area contributed by atoms with Gasteiger partial charge in [0.2, 0.25) is 11.8 Å². The number of nitrogens with zero attached hydrogens (tertiary/aromatic N) is 2. The highest BCUT2D eigenvalue weighted by Crippen LogP contribution is 2.53. The summed E-state index contributed by atoms with van der Waals surface area (Å²) in [6.45, 7) is 6.15. The van der Waals surface area contributed by atoms with E-state index in [1.807, 2.05) is 45.1 Å². The molecule has 1 N–H and O–H groups in total. The van der Waals surface area contributed by atoms with Gasteiger partial charge in [0, 0.05) is 12.6 Å². The second-order valence-electron chi connectivity index (χ2n) is 9.06. The van der Waals surface area contributed by atoms with Crippen molar-refractivity contribution in [3.63, 3.8) is 0 Å². The molecule has 0 bridgehead atoms. The van der Waals surface area contributed by atoms with Crippen molar-refractivity contribution in [3.8, 4) is 0 Å². The Morgan fingerprint density at radius 2 is 2.00 bits per heavy atom. The molecule has 170 valence electrons. The van der Waals surface area contributed by atoms with Crippen LogP contribution >= 0.6 is 0 Å². The van der Waals surface area contributed by atoms with E-state index in [0.717, 1.165) is 6.42 Å². The van der Waals surface area contributed by atoms with Crippen molar-refractivity contribution in [3.05, 3.63) is 24.3 Å². The number of cyclic esters (lactones) is 1. The second-order valence-corrected chi connectivity index (χ2v) is 9.06. The van der Waals surface area contributed by atoms with Crippen LogP contribution in [0.5, 0.6) is 0 Å². The molecule has 0 aromatic rings. The first kappa shape index (κ1) is 22.0. The van der Waals surface area contributed by atoms with Gasteiger partial charge in [-0.25, -0.2) is 0 Å². The van der Waals surface area contributed by atoms with Gasteiger partial charge in [-0.15, -0.1) is 0 Å². The summed E-state index contributed by atoms with van der Waals surface area (Å²) in [5, 5.41) is 10.0. The summed E-state index contributed by atoms with van der Waals surface area (Å²) in [5.74, 6) is -2.70. The first-order valence-corrected chi connectivity index (χ1v) is 11.3. The van der Waals surface area contributed by atoms with Crippen molar-refractivity contribution in [2.24, 2.45) is 11.8 Å². The maximum Gasteiger partial charge on any atom is 0.312 e. The number of hydrogen-bond donors (Lipinski definition) is 1. The first-order valence-electron chi connectivity index (χ1n) is 11.3. The van der Waals surface area contributed by atoms with Gasteiger partial charge in [-0.3, -0.25) is 14.4 Å². The summed E-state index contributed by atoms with van der Waals surface area (Å²) >= 11 is 0. The SMILES string of the molecule is CC[C@@H](CO)N1C(=O)[C@@H]2[C@@H]3C(=O)OCCC/C=C\[C@@H]3O[C@@]23C=CCN(C(C)C)C(=O)C13. The topological polar surface area (TPSA) is 96.4 Å². The van der Waals surface area contributed by atoms with Gasteiger partial charge in [0.15, 0.2) is 0 Å². The number of hydrogen-bond acceptors (Lipinski definition) is 6. The van der Waals surface area contributed by atoms with Crippen LogP contribution in [0.2, 0.25) is 0 Å². The third-order valence-corrected chi connectivity index (χ3v) is 7.02. The van der Waals surface area contributed by atoms with Crippen molar-refractivity contribution in [1.82, 2.24) is 9.80 Å². The summed E-state index contributed by atoms with van der Waals surface area (Å²) in [5.41, 5.74) is -1.27. The zero-order valence-electron chi connectivity index (χ0n) is 18.4. The molecule has 4 aliphatic heterocycles. The molecule has 1 unspecified atom stereocenters. The molecule has 1 spiro atoms. The van der Waals surface area contributed by atoms with Gasteiger partial charge < -0.3 is 24.4 Å². The van der Waals surface area contributed by atoms with Gasteiger partial charge >= 0.3 is 5.97 Å². The number of likely N-dealkylation sites (tertiary alicyclic amines) is 1. The fourth-order valence-electron chi connectivity index (χ4n) is 5.48. The smallest absolute Gasteiger partial charge is 0.312 e. The minimum atomic E-state index is -1.27. The van der Waals surface area contributed by atoms with E-state index in [2.05, 4.69) is 0 Å². The number of amides is 2. The second kappa shape index (κ2) is 8.39. The van der Waals surface area contributed by atoms with Gasteiger partial charge in [0.1, 0.15) is 17.6 Å². The fourth-order valence-corrected chi connectivity index (χ4v) is 5.48. The lowest BCUT2D eigenvalue weighted by molar-refractivity contribution is -0.156. The maximum absolute atomic E-state index is 13.8. The van der Waals surface area contributed by atoms with Crippen LogP contribution in [-0.4, -0.2) is 82.3 Å². The lowest BCUT2D eigenvalue weighted by atomic mass is 9.78. The van der Waals surface area contributed by atoms with Crippen LogP contribution in [0, 0.1) is 11.8 Å². The predicted molar refractivity (Wildman–Crippen MR) is 112 cm³/mol. The molecule has 0 radical (unpaired) electrons. The Kier molecular flexibility index (Phi) is 5.96. The average Bonchev–Trinajstić information content (AvgIpc) is 3.14. The Hall–Kier alpha value is -2.19. The quantitative estimate of drug-likeness (QED) is 0.527. The monoisotopic (exact) mass is 432 g/mol. The van der Waals surface area contributed by atoms with E-state index in [-0.39, 0.29) is 31.1 Å². The van der Waals surface area contributed by atoms with Crippen molar-refractivity contribution < 1.29 is 29.0 Å². The number of rotatable bonds is 4. The molecule has 0 aromatic heterocycles. The largest absolute Gasteiger partial charge is 0.465 e. The van der Waals surface area contributed by atoms with Crippen LogP contribution in [-0.2, 0) is 23.9 Å². The Labute approximate surface area is 182 Å². The summed E-state index contributed by atoms with van der Waals surface area (Å²) in [7, 11) is 0. The normalized spacial score (nSPS) is 37.4. The van der Waals surface area contributed by atoms with Gasteiger partial charge in [-0.2, -0.15) is 0 Å². The van der Waals surface area contributed by atoms with E-state index in [9.17, 15) is 19.5 Å². The summed E-state index contributed by atoms with van der Waals surface area (Å²) < 4.78 is 12.0. The number of aliphatic hydroxyl groups excluding tert-OH is 1. The molecular weight excluding hydrogens is 400 g/mol. The van der Waals surface area contributed by atoms with Crippen LogP contribution < -0.4 is 0 Å². The zero-order valence-corrected chi connectivity index (χ0v) is 18.4. The highest BCUT2D eigenvalue weighted by Gasteiger charge is 2.72. The third-order valence-electron chi connectivity index (χ3n) is 7.02. The van der Waals surface area contributed by atoms with E-state index in [1.54, 1.807) is 4.90 Å². The highest BCUT2D eigenvalue weighted by atomic mass is 16.6. The van der Waals surface area contributed by atoms with Gasteiger partial charge in [0.05, 0.1) is 31.3 Å². The zero-order chi connectivity index (χ0) is 22.3. The molecule has 4 aliphatic rings. The van der Waals surface area contributed by atoms with E-state index in [1.165, 1.54) is 4.90 Å². The van der Waals surface area contributed by atoms with Crippen LogP contribution in [0.3, 0.4) is 0 Å². The molecule has 31 heavy (non-hydrogen) atoms. The van der Waals surface area contributed by atoms with Gasteiger partial charge in [0.25, 0.3) is 0 Å². The van der Waals surface area contributed by atoms with Crippen molar-refractivity contribution in [2.75, 3.05) is 19.8 Å². The number of ether oxygens (including phenoxy) is 2. The molecule has 4 rings (SSSR count). The molecule has 4 heterocycles. The maximum atomic E-state index is 13.8. The standard InChI is InChI=1S/C23H32N2O6/c1-4-15(13-26)25-19-21(28)24(14(2)3)11-8-10-23(19)18(20(25)27)17-16(31-23)9-6-5-7-12-30-22(17)29/h6,8-10,14-19,26H,4-5,7,11-13H2,1-3H3/b9-6-/t15-,16-,17+,18-,19?,23-/m0/s1. The average molecular weight is 433 g/mol. The Morgan fingerprint density at radius 1 is 1.23 bits per heavy atom. The van der Waals surface area contributed by atoms with Crippen molar-refractivity contribution in [2.45, 2.75) is 69.9 Å². The fraction of sp³-hybridized carbons (Fsp3) is 0.696. The van der Waals surface area contributed by atoms with E-state index >= 15 is 0 Å². The first-order chi connectivity index (χ1) is 14.9. The highest BCUT2D eigenvalue weighted by molar-refractivity contribution is 5.99. The molecular formula is C23H32N2O6. The van der Waals surface area contributed by atoms with E-state index in [0.29, 0.717) is 19.4 Å². The number of fused-ring (bicyclic) bond motifs is 2. The van der Waals surface area contributed by atoms with E-state index in [4.69, 9.17) is 9.47 Å². The summed E-state index contributed by atoms with van der Waals surface area (Å²) in [4.78, 5) is 43.8. The predicted octanol–water partition coefficient (Wildman–Crippen LogP) is 1.04. The number of carbonyl (C=O) groups is 3. The van der Waals surface area contributed by atoms with Crippen molar-refractivity contribution >= 4 is 17.8 Å². The lowest BCUT2D eigenvalue weighted by Gasteiger charge is -2.39. The van der Waals surface area contributed by atoms with Crippen molar-refractivity contribution in [1.29, 1.82) is 0 Å². The number of allylic oxidation sites excluding steroid dienone is 1. The Balaban J connectivity index is 1.87. The van der Waals surface area contributed by atoms with Gasteiger partial charge in [-0.1, -0.05) is 31.2 Å². The van der Waals surface area contributed by atoms with Crippen LogP contribution in [0.25, 0.3) is 0 Å². The molecule has 2 amide bonds. The minimum absolute atomic E-state index is 0.0686. The molecule has 2 saturated heterocycles. The minimum Gasteiger partial charge on any atom is -0.465 e. The lowest BCUT2D eigenvalue weighted by Crippen LogP contribution is -2.58. The molecule has 0 aliphatic carbocycles. The molecule has 0 aromatic carbocycles. The summed E-state index contributed by atoms with van der Waals surface area (Å²) in [6.07, 6.45) is 8.78. The molecule has 2 fully saturated rings.